The third kappa shape index (κ3) is 15.7. The van der Waals surface area contributed by atoms with E-state index in [2.05, 4.69) is 55.5 Å². The zero-order chi connectivity index (χ0) is 59.5. The molecule has 2 N–H and O–H groups in total. The van der Waals surface area contributed by atoms with Crippen LogP contribution in [0.1, 0.15) is 62.3 Å². The van der Waals surface area contributed by atoms with E-state index >= 15 is 0 Å². The standard InChI is InChI=1S/C25H30ClF3N8O5.C24H31F3N10O3/c1-23(2,3)41-21(38)37(22(39)42-24(4,5)6)20-30-11-14(12-31-20)16-33-17(35-7-9-40-10-8-35)15-18(34-16)36(19(26)32-15)13-25(27,28)29;1-23(2,3)40-22(38)34-20-29-12-15(13-30-20)17-32-18(35-8-10-39-11-9-35)16-19(33-17)37(14-24(25,26)27)21(31-16)36-6-4-28-5-7-36/h11-12H,7-10,13H2,1-6H3;12-13,28H,4-11,14H2,1-3H3,(H,29,30,34,38). The molecule has 0 bridgehead atoms. The van der Waals surface area contributed by atoms with Gasteiger partial charge in [-0.2, -0.15) is 26.3 Å². The molecule has 0 spiro atoms. The second-order valence-electron chi connectivity index (χ2n) is 21.7. The number of rotatable bonds is 9. The van der Waals surface area contributed by atoms with Crippen molar-refractivity contribution < 1.29 is 64.4 Å². The minimum absolute atomic E-state index is 0.00408. The van der Waals surface area contributed by atoms with Gasteiger partial charge in [0, 0.05) is 77.1 Å². The molecule has 6 aromatic rings. The van der Waals surface area contributed by atoms with E-state index in [-0.39, 0.29) is 63.2 Å². The van der Waals surface area contributed by atoms with Gasteiger partial charge in [-0.1, -0.05) is 0 Å². The lowest BCUT2D eigenvalue weighted by atomic mass is 10.2. The molecule has 0 saturated carbocycles. The molecule has 9 rings (SSSR count). The summed E-state index contributed by atoms with van der Waals surface area (Å²) in [5.41, 5.74) is -1.76. The van der Waals surface area contributed by atoms with Gasteiger partial charge in [0.25, 0.3) is 0 Å². The molecule has 0 unspecified atom stereocenters. The summed E-state index contributed by atoms with van der Waals surface area (Å²) in [6.07, 6.45) is -6.72. The van der Waals surface area contributed by atoms with Gasteiger partial charge in [-0.3, -0.25) is 14.5 Å². The minimum atomic E-state index is -4.60. The summed E-state index contributed by atoms with van der Waals surface area (Å²) in [7, 11) is 0. The van der Waals surface area contributed by atoms with Gasteiger partial charge in [-0.25, -0.2) is 64.2 Å². The quantitative estimate of drug-likeness (QED) is 0.0808. The molecule has 0 aliphatic carbocycles. The fourth-order valence-electron chi connectivity index (χ4n) is 8.24. The number of carbonyl (C=O) groups excluding carboxylic acids is 3. The predicted molar refractivity (Wildman–Crippen MR) is 286 cm³/mol. The van der Waals surface area contributed by atoms with Gasteiger partial charge in [0.15, 0.2) is 45.6 Å². The Hall–Kier alpha value is -7.58. The van der Waals surface area contributed by atoms with E-state index in [9.17, 15) is 40.7 Å². The third-order valence-corrected chi connectivity index (χ3v) is 11.8. The highest BCUT2D eigenvalue weighted by molar-refractivity contribution is 6.29. The van der Waals surface area contributed by atoms with Crippen molar-refractivity contribution in [2.75, 3.05) is 104 Å². The summed E-state index contributed by atoms with van der Waals surface area (Å²) < 4.78 is 110. The zero-order valence-electron chi connectivity index (χ0n) is 46.3. The van der Waals surface area contributed by atoms with Crippen molar-refractivity contribution in [1.82, 2.24) is 64.3 Å². The summed E-state index contributed by atoms with van der Waals surface area (Å²) in [6.45, 7) is 18.0. The number of aromatic nitrogens is 12. The number of halogens is 7. The zero-order valence-corrected chi connectivity index (χ0v) is 47.0. The van der Waals surface area contributed by atoms with Crippen LogP contribution in [0.2, 0.25) is 5.28 Å². The number of nitrogens with zero attached hydrogens (tertiary/aromatic N) is 16. The van der Waals surface area contributed by atoms with Crippen LogP contribution in [-0.4, -0.2) is 185 Å². The molecule has 3 fully saturated rings. The van der Waals surface area contributed by atoms with E-state index in [4.69, 9.17) is 40.3 Å². The van der Waals surface area contributed by atoms with E-state index in [0.717, 1.165) is 9.13 Å². The molecule has 0 aromatic carbocycles. The fourth-order valence-corrected chi connectivity index (χ4v) is 8.47. The van der Waals surface area contributed by atoms with Crippen LogP contribution in [0.5, 0.6) is 0 Å². The van der Waals surface area contributed by atoms with Gasteiger partial charge in [0.2, 0.25) is 23.1 Å². The Morgan fingerprint density at radius 3 is 1.46 bits per heavy atom. The Morgan fingerprint density at radius 1 is 0.585 bits per heavy atom. The Bertz CT molecular complexity index is 3210. The number of fused-ring (bicyclic) bond motifs is 2. The first kappa shape index (κ1) is 60.5. The predicted octanol–water partition coefficient (Wildman–Crippen LogP) is 7.45. The van der Waals surface area contributed by atoms with E-state index in [0.29, 0.717) is 95.1 Å². The fraction of sp³-hybridized carbons (Fsp3) is 0.571. The second-order valence-corrected chi connectivity index (χ2v) is 22.0. The normalized spacial score (nSPS) is 15.7. The van der Waals surface area contributed by atoms with Crippen LogP contribution in [0.25, 0.3) is 45.1 Å². The Kier molecular flexibility index (Phi) is 17.8. The summed E-state index contributed by atoms with van der Waals surface area (Å²) in [4.78, 5) is 87.5. The molecule has 3 aliphatic rings. The van der Waals surface area contributed by atoms with Gasteiger partial charge in [0.1, 0.15) is 29.9 Å². The monoisotopic (exact) mass is 1180 g/mol. The van der Waals surface area contributed by atoms with Gasteiger partial charge in [0.05, 0.1) is 37.6 Å². The van der Waals surface area contributed by atoms with E-state index in [1.54, 1.807) is 67.2 Å². The van der Waals surface area contributed by atoms with E-state index in [1.165, 1.54) is 24.8 Å². The summed E-state index contributed by atoms with van der Waals surface area (Å²) in [6, 6.07) is 0. The van der Waals surface area contributed by atoms with E-state index in [1.807, 2.05) is 9.80 Å². The molecule has 26 nitrogen and oxygen atoms in total. The maximum atomic E-state index is 13.8. The average Bonchev–Trinajstić information content (AvgIpc) is 4.13. The molecule has 444 valence electrons. The SMILES string of the molecule is CC(C)(C)OC(=O)N(C(=O)OC(C)(C)C)c1ncc(-c2nc(N3CCOCC3)c3nc(Cl)n(CC(F)(F)F)c3n2)cn1.CC(C)(C)OC(=O)Nc1ncc(-c2nc(N3CCOCC3)c3nc(N4CCNCC4)n(CC(F)(F)F)c3n2)cn1. The van der Waals surface area contributed by atoms with Crippen molar-refractivity contribution in [2.45, 2.75) is 105 Å². The number of amides is 3. The van der Waals surface area contributed by atoms with Gasteiger partial charge >= 0.3 is 30.6 Å². The Morgan fingerprint density at radius 2 is 1.01 bits per heavy atom. The molecule has 3 amide bonds. The van der Waals surface area contributed by atoms with Crippen LogP contribution in [-0.2, 0) is 36.8 Å². The van der Waals surface area contributed by atoms with Crippen LogP contribution in [0.3, 0.4) is 0 Å². The molecule has 82 heavy (non-hydrogen) atoms. The lowest BCUT2D eigenvalue weighted by molar-refractivity contribution is -0.140. The van der Waals surface area contributed by atoms with Crippen LogP contribution in [0.15, 0.2) is 24.8 Å². The van der Waals surface area contributed by atoms with Crippen LogP contribution < -0.4 is 30.2 Å². The van der Waals surface area contributed by atoms with Crippen molar-refractivity contribution in [3.63, 3.8) is 0 Å². The summed E-state index contributed by atoms with van der Waals surface area (Å²) >= 11 is 6.11. The first-order chi connectivity index (χ1) is 38.4. The average molecular weight is 1180 g/mol. The van der Waals surface area contributed by atoms with Crippen molar-refractivity contribution in [3.8, 4) is 22.8 Å². The Labute approximate surface area is 470 Å². The van der Waals surface area contributed by atoms with Crippen molar-refractivity contribution >= 4 is 81.7 Å². The summed E-state index contributed by atoms with van der Waals surface area (Å²) in [5.74, 6) is 0.607. The molecular weight excluding hydrogens is 1120 g/mol. The number of alkyl halides is 6. The number of nitrogens with one attached hydrogen (secondary N) is 2. The van der Waals surface area contributed by atoms with Crippen LogP contribution in [0.4, 0.5) is 70.2 Å². The van der Waals surface area contributed by atoms with Crippen molar-refractivity contribution in [1.29, 1.82) is 0 Å². The van der Waals surface area contributed by atoms with E-state index < -0.39 is 65.8 Å². The molecule has 0 atom stereocenters. The summed E-state index contributed by atoms with van der Waals surface area (Å²) in [5, 5.41) is 5.25. The highest BCUT2D eigenvalue weighted by Crippen LogP contribution is 2.35. The lowest BCUT2D eigenvalue weighted by Gasteiger charge is -2.28. The topological polar surface area (TPSA) is 273 Å². The molecule has 6 aromatic heterocycles. The molecular formula is C49H61ClF6N18O8. The number of anilines is 5. The third-order valence-electron chi connectivity index (χ3n) is 11.6. The van der Waals surface area contributed by atoms with Crippen molar-refractivity contribution in [2.24, 2.45) is 0 Å². The maximum Gasteiger partial charge on any atom is 0.427 e. The number of imidazole rings is 2. The van der Waals surface area contributed by atoms with Crippen LogP contribution >= 0.6 is 11.6 Å². The maximum absolute atomic E-state index is 13.8. The first-order valence-corrected chi connectivity index (χ1v) is 26.1. The number of ether oxygens (including phenoxy) is 5. The van der Waals surface area contributed by atoms with Crippen LogP contribution in [0, 0.1) is 0 Å². The van der Waals surface area contributed by atoms with Gasteiger partial charge < -0.3 is 43.7 Å². The molecule has 3 saturated heterocycles. The number of carbonyl (C=O) groups is 3. The largest absolute Gasteiger partial charge is 0.444 e. The minimum Gasteiger partial charge on any atom is -0.444 e. The van der Waals surface area contributed by atoms with Gasteiger partial charge in [-0.05, 0) is 73.9 Å². The molecule has 3 aliphatic heterocycles. The highest BCUT2D eigenvalue weighted by atomic mass is 35.5. The number of morpholine rings is 2. The Balaban J connectivity index is 0.000000215. The smallest absolute Gasteiger partial charge is 0.427 e. The molecule has 9 heterocycles. The molecule has 0 radical (unpaired) electrons. The second kappa shape index (κ2) is 24.1. The number of piperazine rings is 1. The number of hydrogen-bond donors (Lipinski definition) is 2. The number of hydrogen-bond acceptors (Lipinski definition) is 22. The highest BCUT2D eigenvalue weighted by Gasteiger charge is 2.37. The van der Waals surface area contributed by atoms with Crippen molar-refractivity contribution in [3.05, 3.63) is 30.1 Å². The molecule has 33 heteroatoms. The lowest BCUT2D eigenvalue weighted by Crippen LogP contribution is -2.45. The number of imide groups is 1. The van der Waals surface area contributed by atoms with Gasteiger partial charge in [-0.15, -0.1) is 4.90 Å². The first-order valence-electron chi connectivity index (χ1n) is 25.8.